The van der Waals surface area contributed by atoms with Crippen LogP contribution in [0.2, 0.25) is 0 Å². The minimum atomic E-state index is -1.30. The quantitative estimate of drug-likeness (QED) is 0.357. The van der Waals surface area contributed by atoms with Crippen molar-refractivity contribution in [2.24, 2.45) is 0 Å². The van der Waals surface area contributed by atoms with Gasteiger partial charge < -0.3 is 25.2 Å². The summed E-state index contributed by atoms with van der Waals surface area (Å²) >= 11 is 0. The molecule has 5 heteroatoms. The molecule has 0 aromatic rings. The lowest BCUT2D eigenvalue weighted by Gasteiger charge is -2.19. The van der Waals surface area contributed by atoms with Crippen LogP contribution in [0, 0.1) is 0 Å². The average molecular weight is 166 g/mol. The van der Waals surface area contributed by atoms with Gasteiger partial charge >= 0.3 is 0 Å². The van der Waals surface area contributed by atoms with Gasteiger partial charge in [0.15, 0.2) is 6.29 Å². The normalized spacial score (nSPS) is 19.4. The van der Waals surface area contributed by atoms with Crippen molar-refractivity contribution in [2.45, 2.75) is 25.4 Å². The second-order valence-electron chi connectivity index (χ2n) is 2.23. The van der Waals surface area contributed by atoms with Crippen molar-refractivity contribution < 1.29 is 25.2 Å². The second-order valence-corrected chi connectivity index (χ2v) is 2.23. The van der Waals surface area contributed by atoms with E-state index in [-0.39, 0.29) is 0 Å². The molecule has 0 aliphatic carbocycles. The van der Waals surface area contributed by atoms with Crippen LogP contribution in [0.5, 0.6) is 0 Å². The van der Waals surface area contributed by atoms with Crippen LogP contribution >= 0.6 is 0 Å². The zero-order valence-corrected chi connectivity index (χ0v) is 6.34. The molecule has 0 fully saturated rings. The van der Waals surface area contributed by atoms with E-state index in [1.54, 1.807) is 0 Å². The van der Waals surface area contributed by atoms with Crippen LogP contribution < -0.4 is 0 Å². The van der Waals surface area contributed by atoms with Crippen LogP contribution in [0.4, 0.5) is 0 Å². The maximum Gasteiger partial charge on any atom is 0.178 e. The monoisotopic (exact) mass is 166 g/mol. The molecule has 0 aromatic carbocycles. The van der Waals surface area contributed by atoms with Gasteiger partial charge in [0.1, 0.15) is 6.10 Å². The summed E-state index contributed by atoms with van der Waals surface area (Å²) in [5.74, 6) is 0. The van der Waals surface area contributed by atoms with Crippen LogP contribution in [-0.4, -0.2) is 52.1 Å². The van der Waals surface area contributed by atoms with E-state index < -0.39 is 31.7 Å². The Kier molecular flexibility index (Phi) is 5.35. The predicted octanol–water partition coefficient (Wildman–Crippen LogP) is -1.94. The van der Waals surface area contributed by atoms with Crippen molar-refractivity contribution in [3.63, 3.8) is 0 Å². The van der Waals surface area contributed by atoms with Gasteiger partial charge in [0, 0.05) is 0 Å². The SMILES string of the molecule is CC(O[C@H](O)CO)[C@@H](O)CO. The molecule has 0 aliphatic rings. The number of aliphatic hydroxyl groups is 4. The molecular formula is C6H14O5. The highest BCUT2D eigenvalue weighted by Gasteiger charge is 2.16. The molecule has 5 nitrogen and oxygen atoms in total. The Morgan fingerprint density at radius 3 is 2.09 bits per heavy atom. The first-order chi connectivity index (χ1) is 5.11. The van der Waals surface area contributed by atoms with Crippen LogP contribution in [0.15, 0.2) is 0 Å². The van der Waals surface area contributed by atoms with Crippen molar-refractivity contribution in [3.05, 3.63) is 0 Å². The Bertz CT molecular complexity index is 97.0. The van der Waals surface area contributed by atoms with Gasteiger partial charge in [-0.2, -0.15) is 0 Å². The van der Waals surface area contributed by atoms with E-state index in [1.807, 2.05) is 0 Å². The Hall–Kier alpha value is -0.200. The van der Waals surface area contributed by atoms with Crippen molar-refractivity contribution in [3.8, 4) is 0 Å². The largest absolute Gasteiger partial charge is 0.394 e. The number of hydrogen-bond acceptors (Lipinski definition) is 5. The highest BCUT2D eigenvalue weighted by Crippen LogP contribution is 2.00. The van der Waals surface area contributed by atoms with Crippen molar-refractivity contribution in [1.29, 1.82) is 0 Å². The van der Waals surface area contributed by atoms with Crippen LogP contribution in [0.25, 0.3) is 0 Å². The maximum absolute atomic E-state index is 8.90. The smallest absolute Gasteiger partial charge is 0.178 e. The summed E-state index contributed by atoms with van der Waals surface area (Å²) in [5.41, 5.74) is 0. The van der Waals surface area contributed by atoms with Crippen LogP contribution in [-0.2, 0) is 4.74 Å². The Morgan fingerprint density at radius 2 is 1.73 bits per heavy atom. The molecule has 0 rings (SSSR count). The Balaban J connectivity index is 3.58. The van der Waals surface area contributed by atoms with E-state index in [0.717, 1.165) is 0 Å². The van der Waals surface area contributed by atoms with Gasteiger partial charge in [0.25, 0.3) is 0 Å². The van der Waals surface area contributed by atoms with Gasteiger partial charge in [-0.05, 0) is 6.92 Å². The standard InChI is InChI=1S/C6H14O5/c1-4(5(9)2-7)11-6(10)3-8/h4-10H,2-3H2,1H3/t4?,5-,6-/m0/s1. The Labute approximate surface area is 64.9 Å². The average Bonchev–Trinajstić information content (AvgIpc) is 2.02. The minimum Gasteiger partial charge on any atom is -0.394 e. The lowest BCUT2D eigenvalue weighted by Crippen LogP contribution is -2.34. The minimum absolute atomic E-state index is 0.431. The first-order valence-electron chi connectivity index (χ1n) is 3.35. The first-order valence-corrected chi connectivity index (χ1v) is 3.35. The van der Waals surface area contributed by atoms with Gasteiger partial charge in [-0.15, -0.1) is 0 Å². The van der Waals surface area contributed by atoms with Crippen LogP contribution in [0.1, 0.15) is 6.92 Å². The van der Waals surface area contributed by atoms with E-state index in [0.29, 0.717) is 0 Å². The molecule has 0 heterocycles. The van der Waals surface area contributed by atoms with Gasteiger partial charge in [-0.3, -0.25) is 0 Å². The molecule has 0 amide bonds. The lowest BCUT2D eigenvalue weighted by molar-refractivity contribution is -0.179. The van der Waals surface area contributed by atoms with Gasteiger partial charge in [0.05, 0.1) is 19.3 Å². The fourth-order valence-corrected chi connectivity index (χ4v) is 0.530. The molecule has 0 bridgehead atoms. The van der Waals surface area contributed by atoms with E-state index in [4.69, 9.17) is 20.4 Å². The summed E-state index contributed by atoms with van der Waals surface area (Å²) in [6.07, 6.45) is -3.02. The lowest BCUT2D eigenvalue weighted by atomic mass is 10.2. The molecule has 0 radical (unpaired) electrons. The molecule has 68 valence electrons. The zero-order valence-electron chi connectivity index (χ0n) is 6.34. The number of aliphatic hydroxyl groups excluding tert-OH is 4. The summed E-state index contributed by atoms with van der Waals surface area (Å²) in [5, 5.41) is 34.3. The van der Waals surface area contributed by atoms with Gasteiger partial charge in [-0.25, -0.2) is 0 Å². The van der Waals surface area contributed by atoms with Crippen molar-refractivity contribution in [1.82, 2.24) is 0 Å². The number of hydrogen-bond donors (Lipinski definition) is 4. The van der Waals surface area contributed by atoms with Gasteiger partial charge in [0.2, 0.25) is 0 Å². The molecular weight excluding hydrogens is 152 g/mol. The molecule has 0 saturated heterocycles. The number of ether oxygens (including phenoxy) is 1. The fourth-order valence-electron chi connectivity index (χ4n) is 0.530. The second kappa shape index (κ2) is 5.45. The zero-order chi connectivity index (χ0) is 8.85. The topological polar surface area (TPSA) is 90.2 Å². The summed E-state index contributed by atoms with van der Waals surface area (Å²) in [6.45, 7) is 0.529. The predicted molar refractivity (Wildman–Crippen MR) is 36.7 cm³/mol. The highest BCUT2D eigenvalue weighted by molar-refractivity contribution is 4.62. The third-order valence-electron chi connectivity index (χ3n) is 1.26. The third kappa shape index (κ3) is 4.28. The molecule has 1 unspecified atom stereocenters. The molecule has 0 aliphatic heterocycles. The Morgan fingerprint density at radius 1 is 1.18 bits per heavy atom. The van der Waals surface area contributed by atoms with E-state index >= 15 is 0 Å². The summed E-state index contributed by atoms with van der Waals surface area (Å²) in [7, 11) is 0. The summed E-state index contributed by atoms with van der Waals surface area (Å²) < 4.78 is 4.65. The molecule has 4 N–H and O–H groups in total. The van der Waals surface area contributed by atoms with Gasteiger partial charge in [-0.1, -0.05) is 0 Å². The molecule has 0 aromatic heterocycles. The molecule has 0 saturated carbocycles. The first kappa shape index (κ1) is 10.8. The summed E-state index contributed by atoms with van der Waals surface area (Å²) in [4.78, 5) is 0. The molecule has 11 heavy (non-hydrogen) atoms. The highest BCUT2D eigenvalue weighted by atomic mass is 16.6. The molecule has 3 atom stereocenters. The number of rotatable bonds is 5. The molecule has 0 spiro atoms. The van der Waals surface area contributed by atoms with Crippen LogP contribution in [0.3, 0.4) is 0 Å². The third-order valence-corrected chi connectivity index (χ3v) is 1.26. The fraction of sp³-hybridized carbons (Fsp3) is 1.00. The summed E-state index contributed by atoms with van der Waals surface area (Å²) in [6, 6.07) is 0. The maximum atomic E-state index is 8.90. The van der Waals surface area contributed by atoms with E-state index in [1.165, 1.54) is 6.92 Å². The van der Waals surface area contributed by atoms with Crippen molar-refractivity contribution >= 4 is 0 Å². The van der Waals surface area contributed by atoms with E-state index in [9.17, 15) is 0 Å². The van der Waals surface area contributed by atoms with Crippen molar-refractivity contribution in [2.75, 3.05) is 13.2 Å². The van der Waals surface area contributed by atoms with E-state index in [2.05, 4.69) is 4.74 Å².